The maximum Gasteiger partial charge on any atom is 0.363 e. The summed E-state index contributed by atoms with van der Waals surface area (Å²) in [7, 11) is 1.39. The van der Waals surface area contributed by atoms with Gasteiger partial charge in [0.2, 0.25) is 5.65 Å². The minimum absolute atomic E-state index is 0.286. The zero-order chi connectivity index (χ0) is 17.4. The number of nitrogens with one attached hydrogen (secondary N) is 1. The average molecular weight is 340 g/mol. The van der Waals surface area contributed by atoms with Crippen molar-refractivity contribution in [2.24, 2.45) is 0 Å². The van der Waals surface area contributed by atoms with Crippen LogP contribution in [0.3, 0.4) is 0 Å². The summed E-state index contributed by atoms with van der Waals surface area (Å²) in [4.78, 5) is 36.7. The fourth-order valence-corrected chi connectivity index (χ4v) is 3.72. The molecular formula is C18H20N4O3. The van der Waals surface area contributed by atoms with Crippen LogP contribution < -0.4 is 16.1 Å². The van der Waals surface area contributed by atoms with Gasteiger partial charge in [-0.1, -0.05) is 43.2 Å². The van der Waals surface area contributed by atoms with Crippen molar-refractivity contribution in [2.75, 3.05) is 7.11 Å². The number of fused-ring (bicyclic) bond motifs is 1. The van der Waals surface area contributed by atoms with Gasteiger partial charge in [0.05, 0.1) is 0 Å². The first kappa shape index (κ1) is 15.7. The second kappa shape index (κ2) is 6.23. The molecule has 7 nitrogen and oxygen atoms in total. The molecule has 130 valence electrons. The van der Waals surface area contributed by atoms with E-state index in [4.69, 9.17) is 4.84 Å². The Bertz CT molecular complexity index is 1010. The second-order valence-corrected chi connectivity index (χ2v) is 6.43. The van der Waals surface area contributed by atoms with E-state index in [9.17, 15) is 9.59 Å². The number of rotatable bonds is 4. The van der Waals surface area contributed by atoms with Gasteiger partial charge in [-0.2, -0.15) is 0 Å². The number of aromatic nitrogens is 4. The van der Waals surface area contributed by atoms with Gasteiger partial charge >= 0.3 is 5.69 Å². The lowest BCUT2D eigenvalue weighted by Gasteiger charge is -2.13. The van der Waals surface area contributed by atoms with E-state index in [1.54, 1.807) is 0 Å². The summed E-state index contributed by atoms with van der Waals surface area (Å²) in [5.41, 5.74) is 0.709. The van der Waals surface area contributed by atoms with Gasteiger partial charge in [0.15, 0.2) is 5.52 Å². The van der Waals surface area contributed by atoms with Gasteiger partial charge in [0, 0.05) is 12.5 Å². The molecule has 0 spiro atoms. The van der Waals surface area contributed by atoms with E-state index in [1.165, 1.54) is 7.11 Å². The quantitative estimate of drug-likeness (QED) is 0.783. The van der Waals surface area contributed by atoms with Gasteiger partial charge in [-0.05, 0) is 18.4 Å². The summed E-state index contributed by atoms with van der Waals surface area (Å²) >= 11 is 0. The van der Waals surface area contributed by atoms with Gasteiger partial charge in [0.1, 0.15) is 12.9 Å². The summed E-state index contributed by atoms with van der Waals surface area (Å²) in [5, 5.41) is 0. The van der Waals surface area contributed by atoms with Gasteiger partial charge in [-0.3, -0.25) is 9.78 Å². The van der Waals surface area contributed by atoms with Gasteiger partial charge in [-0.25, -0.2) is 9.78 Å². The Hall–Kier alpha value is -2.83. The van der Waals surface area contributed by atoms with Crippen LogP contribution in [0.4, 0.5) is 0 Å². The molecule has 7 heteroatoms. The van der Waals surface area contributed by atoms with Crippen LogP contribution in [0.15, 0.2) is 39.9 Å². The summed E-state index contributed by atoms with van der Waals surface area (Å²) in [6.45, 7) is 0.536. The predicted molar refractivity (Wildman–Crippen MR) is 93.9 cm³/mol. The molecule has 1 aliphatic carbocycles. The number of nitrogens with zero attached hydrogens (tertiary/aromatic N) is 3. The fraction of sp³-hybridized carbons (Fsp3) is 0.389. The average Bonchev–Trinajstić information content (AvgIpc) is 3.24. The van der Waals surface area contributed by atoms with Crippen LogP contribution in [0.2, 0.25) is 0 Å². The van der Waals surface area contributed by atoms with E-state index in [0.717, 1.165) is 41.8 Å². The highest BCUT2D eigenvalue weighted by molar-refractivity contribution is 5.71. The van der Waals surface area contributed by atoms with Gasteiger partial charge < -0.3 is 9.40 Å². The summed E-state index contributed by atoms with van der Waals surface area (Å²) < 4.78 is 2.99. The van der Waals surface area contributed by atoms with Crippen LogP contribution in [0, 0.1) is 0 Å². The number of hydrogen-bond acceptors (Lipinski definition) is 4. The summed E-state index contributed by atoms with van der Waals surface area (Å²) in [6.07, 6.45) is 4.42. The lowest BCUT2D eigenvalue weighted by Crippen LogP contribution is -2.33. The number of aromatic amines is 1. The van der Waals surface area contributed by atoms with Crippen LogP contribution >= 0.6 is 0 Å². The molecule has 2 aromatic heterocycles. The highest BCUT2D eigenvalue weighted by Gasteiger charge is 2.26. The lowest BCUT2D eigenvalue weighted by atomic mass is 10.1. The van der Waals surface area contributed by atoms with Crippen molar-refractivity contribution >= 4 is 11.2 Å². The minimum atomic E-state index is -0.609. The summed E-state index contributed by atoms with van der Waals surface area (Å²) in [5.74, 6) is 1.16. The Balaban J connectivity index is 1.98. The van der Waals surface area contributed by atoms with Crippen LogP contribution in [0.1, 0.15) is 43.0 Å². The van der Waals surface area contributed by atoms with E-state index in [2.05, 4.69) is 9.97 Å². The van der Waals surface area contributed by atoms with Crippen LogP contribution in [-0.4, -0.2) is 26.4 Å². The highest BCUT2D eigenvalue weighted by Crippen LogP contribution is 2.34. The molecule has 3 aromatic rings. The monoisotopic (exact) mass is 340 g/mol. The molecule has 1 saturated carbocycles. The van der Waals surface area contributed by atoms with E-state index in [1.807, 2.05) is 34.9 Å². The van der Waals surface area contributed by atoms with Crippen molar-refractivity contribution in [2.45, 2.75) is 38.1 Å². The SMILES string of the molecule is COn1c(=O)[nH]c(=O)c2c1nc(C1CCCC1)n2Cc1ccccc1. The Kier molecular flexibility index (Phi) is 3.91. The Morgan fingerprint density at radius 2 is 1.92 bits per heavy atom. The molecule has 1 aromatic carbocycles. The van der Waals surface area contributed by atoms with Crippen LogP contribution in [-0.2, 0) is 6.54 Å². The maximum absolute atomic E-state index is 12.5. The molecule has 0 unspecified atom stereocenters. The van der Waals surface area contributed by atoms with Crippen molar-refractivity contribution in [1.29, 1.82) is 0 Å². The molecule has 1 fully saturated rings. The molecule has 2 heterocycles. The molecule has 25 heavy (non-hydrogen) atoms. The molecule has 0 bridgehead atoms. The minimum Gasteiger partial charge on any atom is -0.411 e. The zero-order valence-electron chi connectivity index (χ0n) is 14.1. The number of H-pyrrole nitrogens is 1. The first-order valence-electron chi connectivity index (χ1n) is 8.53. The Labute approximate surface area is 143 Å². The molecule has 0 aliphatic heterocycles. The number of benzene rings is 1. The van der Waals surface area contributed by atoms with E-state index >= 15 is 0 Å². The molecule has 4 rings (SSSR count). The zero-order valence-corrected chi connectivity index (χ0v) is 14.1. The molecule has 0 radical (unpaired) electrons. The maximum atomic E-state index is 12.5. The van der Waals surface area contributed by atoms with Crippen molar-refractivity contribution in [3.05, 3.63) is 62.6 Å². The molecule has 1 aliphatic rings. The van der Waals surface area contributed by atoms with Crippen molar-refractivity contribution in [3.8, 4) is 0 Å². The van der Waals surface area contributed by atoms with E-state index in [0.29, 0.717) is 18.0 Å². The Morgan fingerprint density at radius 1 is 1.20 bits per heavy atom. The van der Waals surface area contributed by atoms with Crippen molar-refractivity contribution < 1.29 is 4.84 Å². The van der Waals surface area contributed by atoms with Crippen LogP contribution in [0.25, 0.3) is 11.2 Å². The molecule has 0 amide bonds. The lowest BCUT2D eigenvalue weighted by molar-refractivity contribution is 0.163. The molecule has 1 N–H and O–H groups in total. The topological polar surface area (TPSA) is 81.9 Å². The first-order chi connectivity index (χ1) is 12.2. The van der Waals surface area contributed by atoms with Crippen molar-refractivity contribution in [1.82, 2.24) is 19.3 Å². The third-order valence-corrected chi connectivity index (χ3v) is 4.88. The third kappa shape index (κ3) is 2.65. The summed E-state index contributed by atoms with van der Waals surface area (Å²) in [6, 6.07) is 9.94. The largest absolute Gasteiger partial charge is 0.411 e. The molecular weight excluding hydrogens is 320 g/mol. The smallest absolute Gasteiger partial charge is 0.363 e. The van der Waals surface area contributed by atoms with E-state index < -0.39 is 11.2 Å². The fourth-order valence-electron chi connectivity index (χ4n) is 3.72. The predicted octanol–water partition coefficient (Wildman–Crippen LogP) is 1.65. The standard InChI is InChI=1S/C18H20N4O3/c1-25-22-16-14(17(23)20-18(22)24)21(11-12-7-3-2-4-8-12)15(19-16)13-9-5-6-10-13/h2-4,7-8,13H,5-6,9-11H2,1H3,(H,20,23,24). The second-order valence-electron chi connectivity index (χ2n) is 6.43. The van der Waals surface area contributed by atoms with Gasteiger partial charge in [0.25, 0.3) is 5.56 Å². The van der Waals surface area contributed by atoms with Crippen molar-refractivity contribution in [3.63, 3.8) is 0 Å². The third-order valence-electron chi connectivity index (χ3n) is 4.88. The highest BCUT2D eigenvalue weighted by atomic mass is 16.7. The molecule has 0 saturated heterocycles. The van der Waals surface area contributed by atoms with Gasteiger partial charge in [-0.15, -0.1) is 4.73 Å². The van der Waals surface area contributed by atoms with E-state index in [-0.39, 0.29) is 5.65 Å². The van der Waals surface area contributed by atoms with Crippen LogP contribution in [0.5, 0.6) is 0 Å². The normalized spacial score (nSPS) is 15.1. The number of hydrogen-bond donors (Lipinski definition) is 1. The first-order valence-corrected chi connectivity index (χ1v) is 8.53. The number of imidazole rings is 1. The molecule has 0 atom stereocenters. The Morgan fingerprint density at radius 3 is 2.60 bits per heavy atom.